The van der Waals surface area contributed by atoms with E-state index >= 15 is 0 Å². The maximum absolute atomic E-state index is 12.4. The van der Waals surface area contributed by atoms with Gasteiger partial charge in [-0.15, -0.1) is 0 Å². The number of esters is 2. The third-order valence-corrected chi connectivity index (χ3v) is 4.41. The topological polar surface area (TPSA) is 55.8 Å². The van der Waals surface area contributed by atoms with Crippen LogP contribution in [-0.4, -0.2) is 32.2 Å². The van der Waals surface area contributed by atoms with E-state index < -0.39 is 18.0 Å². The number of ether oxygens (including phenoxy) is 2. The molecule has 26 heavy (non-hydrogen) atoms. The van der Waals surface area contributed by atoms with E-state index in [2.05, 4.69) is 0 Å². The summed E-state index contributed by atoms with van der Waals surface area (Å²) in [6, 6.07) is 9.04. The fourth-order valence-electron chi connectivity index (χ4n) is 2.72. The van der Waals surface area contributed by atoms with Gasteiger partial charge in [0.25, 0.3) is 0 Å². The Balaban J connectivity index is 2.75. The number of anilines is 2. The van der Waals surface area contributed by atoms with Gasteiger partial charge in [-0.3, -0.25) is 0 Å². The monoisotopic (exact) mass is 395 g/mol. The van der Waals surface area contributed by atoms with E-state index in [1.165, 1.54) is 14.2 Å². The molecular weight excluding hydrogens is 377 g/mol. The van der Waals surface area contributed by atoms with Gasteiger partial charge in [-0.1, -0.05) is 23.2 Å². The van der Waals surface area contributed by atoms with Crippen molar-refractivity contribution in [2.75, 3.05) is 19.1 Å². The fraction of sp³-hybridized carbons (Fsp3) is 0.263. The van der Waals surface area contributed by atoms with Crippen molar-refractivity contribution in [2.24, 2.45) is 0 Å². The van der Waals surface area contributed by atoms with Crippen molar-refractivity contribution in [3.05, 3.63) is 57.6 Å². The van der Waals surface area contributed by atoms with Crippen LogP contribution in [0.15, 0.2) is 36.4 Å². The minimum atomic E-state index is -1.32. The number of halogens is 2. The molecular formula is C19H19Cl2NO4. The standard InChI is InChI=1S/C19H19Cl2NO4/c1-11-9-13(20)5-7-15(11)22(16-8-6-14(21)10-12(16)2)17(18(23)25-3)19(24)26-4/h5-10,17H,1-4H3. The Bertz CT molecular complexity index is 771. The second-order valence-electron chi connectivity index (χ2n) is 5.68. The Morgan fingerprint density at radius 3 is 1.54 bits per heavy atom. The van der Waals surface area contributed by atoms with Gasteiger partial charge >= 0.3 is 11.9 Å². The molecule has 2 aromatic carbocycles. The molecule has 2 rings (SSSR count). The molecule has 0 N–H and O–H groups in total. The number of carbonyl (C=O) groups is 2. The van der Waals surface area contributed by atoms with E-state index in [-0.39, 0.29) is 0 Å². The van der Waals surface area contributed by atoms with Gasteiger partial charge in [-0.05, 0) is 61.4 Å². The highest BCUT2D eigenvalue weighted by molar-refractivity contribution is 6.31. The lowest BCUT2D eigenvalue weighted by Gasteiger charge is -2.32. The van der Waals surface area contributed by atoms with E-state index in [0.29, 0.717) is 21.4 Å². The van der Waals surface area contributed by atoms with E-state index in [1.54, 1.807) is 41.3 Å². The van der Waals surface area contributed by atoms with Gasteiger partial charge in [-0.25, -0.2) is 9.59 Å². The average Bonchev–Trinajstić information content (AvgIpc) is 2.60. The molecule has 0 spiro atoms. The van der Waals surface area contributed by atoms with E-state index in [1.807, 2.05) is 13.8 Å². The molecule has 5 nitrogen and oxygen atoms in total. The summed E-state index contributed by atoms with van der Waals surface area (Å²) in [6.45, 7) is 3.68. The highest BCUT2D eigenvalue weighted by Crippen LogP contribution is 2.35. The molecule has 2 aromatic rings. The lowest BCUT2D eigenvalue weighted by Crippen LogP contribution is -2.46. The van der Waals surface area contributed by atoms with Gasteiger partial charge < -0.3 is 14.4 Å². The first kappa shape index (κ1) is 20.1. The summed E-state index contributed by atoms with van der Waals surface area (Å²) in [5.74, 6) is -1.47. The zero-order valence-corrected chi connectivity index (χ0v) is 16.4. The Hall–Kier alpha value is -2.24. The van der Waals surface area contributed by atoms with Crippen LogP contribution in [0.2, 0.25) is 10.0 Å². The number of methoxy groups -OCH3 is 2. The zero-order valence-electron chi connectivity index (χ0n) is 14.9. The number of rotatable bonds is 5. The van der Waals surface area contributed by atoms with Gasteiger partial charge in [0.2, 0.25) is 6.04 Å². The molecule has 0 saturated heterocycles. The van der Waals surface area contributed by atoms with Crippen molar-refractivity contribution in [1.29, 1.82) is 0 Å². The van der Waals surface area contributed by atoms with Crippen LogP contribution in [-0.2, 0) is 19.1 Å². The molecule has 0 atom stereocenters. The fourth-order valence-corrected chi connectivity index (χ4v) is 3.17. The molecule has 0 aliphatic rings. The highest BCUT2D eigenvalue weighted by atomic mass is 35.5. The Morgan fingerprint density at radius 1 is 0.846 bits per heavy atom. The quantitative estimate of drug-likeness (QED) is 0.552. The smallest absolute Gasteiger partial charge is 0.340 e. The van der Waals surface area contributed by atoms with Crippen molar-refractivity contribution in [3.63, 3.8) is 0 Å². The maximum Gasteiger partial charge on any atom is 0.340 e. The lowest BCUT2D eigenvalue weighted by molar-refractivity contribution is -0.153. The summed E-state index contributed by atoms with van der Waals surface area (Å²) < 4.78 is 9.71. The van der Waals surface area contributed by atoms with Crippen molar-refractivity contribution >= 4 is 46.5 Å². The van der Waals surface area contributed by atoms with Gasteiger partial charge in [0.1, 0.15) is 0 Å². The summed E-state index contributed by atoms with van der Waals surface area (Å²) in [5.41, 5.74) is 2.82. The normalized spacial score (nSPS) is 10.6. The summed E-state index contributed by atoms with van der Waals surface area (Å²) in [5, 5.41) is 1.10. The van der Waals surface area contributed by atoms with Crippen LogP contribution < -0.4 is 4.90 Å². The SMILES string of the molecule is COC(=O)C(C(=O)OC)N(c1ccc(Cl)cc1C)c1ccc(Cl)cc1C. The first-order valence-electron chi connectivity index (χ1n) is 7.77. The summed E-state index contributed by atoms with van der Waals surface area (Å²) >= 11 is 12.1. The Kier molecular flexibility index (Phi) is 6.51. The Labute approximate surface area is 162 Å². The second kappa shape index (κ2) is 8.43. The molecule has 138 valence electrons. The first-order chi connectivity index (χ1) is 12.3. The Morgan fingerprint density at radius 2 is 1.23 bits per heavy atom. The third kappa shape index (κ3) is 4.11. The van der Waals surface area contributed by atoms with Crippen LogP contribution in [0.5, 0.6) is 0 Å². The minimum absolute atomic E-state index is 0.548. The molecule has 0 unspecified atom stereocenters. The molecule has 0 amide bonds. The van der Waals surface area contributed by atoms with Gasteiger partial charge in [-0.2, -0.15) is 0 Å². The molecule has 0 radical (unpaired) electrons. The first-order valence-corrected chi connectivity index (χ1v) is 8.53. The van der Waals surface area contributed by atoms with E-state index in [0.717, 1.165) is 11.1 Å². The van der Waals surface area contributed by atoms with Crippen LogP contribution in [0.3, 0.4) is 0 Å². The van der Waals surface area contributed by atoms with Crippen molar-refractivity contribution in [3.8, 4) is 0 Å². The van der Waals surface area contributed by atoms with Crippen molar-refractivity contribution in [1.82, 2.24) is 0 Å². The van der Waals surface area contributed by atoms with Gasteiger partial charge in [0, 0.05) is 21.4 Å². The molecule has 0 heterocycles. The van der Waals surface area contributed by atoms with Crippen LogP contribution in [0, 0.1) is 13.8 Å². The molecule has 0 fully saturated rings. The number of benzene rings is 2. The second-order valence-corrected chi connectivity index (χ2v) is 6.55. The number of hydrogen-bond acceptors (Lipinski definition) is 5. The summed E-state index contributed by atoms with van der Waals surface area (Å²) in [6.07, 6.45) is 0. The number of hydrogen-bond donors (Lipinski definition) is 0. The van der Waals surface area contributed by atoms with Crippen LogP contribution in [0.1, 0.15) is 11.1 Å². The largest absolute Gasteiger partial charge is 0.467 e. The van der Waals surface area contributed by atoms with E-state index in [9.17, 15) is 9.59 Å². The molecule has 0 saturated carbocycles. The summed E-state index contributed by atoms with van der Waals surface area (Å²) in [7, 11) is 2.44. The minimum Gasteiger partial charge on any atom is -0.467 e. The van der Waals surface area contributed by atoms with Crippen LogP contribution >= 0.6 is 23.2 Å². The molecule has 0 aliphatic heterocycles. The zero-order chi connectivity index (χ0) is 19.4. The molecule has 0 aromatic heterocycles. The molecule has 0 bridgehead atoms. The van der Waals surface area contributed by atoms with Gasteiger partial charge in [0.15, 0.2) is 0 Å². The number of carbonyl (C=O) groups excluding carboxylic acids is 2. The predicted octanol–water partition coefficient (Wildman–Crippen LogP) is 4.46. The number of nitrogens with zero attached hydrogens (tertiary/aromatic N) is 1. The lowest BCUT2D eigenvalue weighted by atomic mass is 10.1. The average molecular weight is 396 g/mol. The predicted molar refractivity (Wildman–Crippen MR) is 102 cm³/mol. The van der Waals surface area contributed by atoms with Crippen molar-refractivity contribution in [2.45, 2.75) is 19.9 Å². The molecule has 0 aliphatic carbocycles. The van der Waals surface area contributed by atoms with Crippen molar-refractivity contribution < 1.29 is 19.1 Å². The molecule has 7 heteroatoms. The van der Waals surface area contributed by atoms with Crippen LogP contribution in [0.4, 0.5) is 11.4 Å². The summed E-state index contributed by atoms with van der Waals surface area (Å²) in [4.78, 5) is 26.5. The van der Waals surface area contributed by atoms with Gasteiger partial charge in [0.05, 0.1) is 14.2 Å². The third-order valence-electron chi connectivity index (χ3n) is 3.94. The van der Waals surface area contributed by atoms with E-state index in [4.69, 9.17) is 32.7 Å². The number of aryl methyl sites for hydroxylation is 2. The van der Waals surface area contributed by atoms with Crippen LogP contribution in [0.25, 0.3) is 0 Å². The highest BCUT2D eigenvalue weighted by Gasteiger charge is 2.37. The maximum atomic E-state index is 12.4.